The molecule has 0 fully saturated rings. The van der Waals surface area contributed by atoms with Gasteiger partial charge >= 0.3 is 5.97 Å². The second kappa shape index (κ2) is 22.0. The average Bonchev–Trinajstić information content (AvgIpc) is 2.57. The maximum Gasteiger partial charge on any atom is 0.338 e. The van der Waals surface area contributed by atoms with Gasteiger partial charge in [-0.1, -0.05) is 85.0 Å². The molecule has 0 bridgehead atoms. The molecule has 0 atom stereocenters. The van der Waals surface area contributed by atoms with Gasteiger partial charge in [0.25, 0.3) is 0 Å². The second-order valence-corrected chi connectivity index (χ2v) is 4.69. The Balaban J connectivity index is -0.000000313. The van der Waals surface area contributed by atoms with Crippen LogP contribution in [-0.4, -0.2) is 13.1 Å². The summed E-state index contributed by atoms with van der Waals surface area (Å²) >= 11 is 0. The van der Waals surface area contributed by atoms with Crippen molar-refractivity contribution in [2.24, 2.45) is 0 Å². The first kappa shape index (κ1) is 25.6. The molecule has 0 aromatic carbocycles. The first-order valence-electron chi connectivity index (χ1n) is 8.63. The zero-order valence-electron chi connectivity index (χ0n) is 16.0. The number of esters is 1. The molecule has 0 heterocycles. The quantitative estimate of drug-likeness (QED) is 0.218. The third-order valence-electron chi connectivity index (χ3n) is 3.00. The fourth-order valence-electron chi connectivity index (χ4n) is 1.60. The lowest BCUT2D eigenvalue weighted by atomic mass is 10.1. The van der Waals surface area contributed by atoms with Crippen LogP contribution in [0.1, 0.15) is 80.1 Å². The van der Waals surface area contributed by atoms with Gasteiger partial charge in [0.2, 0.25) is 0 Å². The molecule has 0 rings (SSSR count). The van der Waals surface area contributed by atoms with Crippen molar-refractivity contribution in [3.8, 4) is 0 Å². The van der Waals surface area contributed by atoms with Crippen LogP contribution in [0.15, 0.2) is 36.0 Å². The van der Waals surface area contributed by atoms with E-state index in [0.717, 1.165) is 5.57 Å². The monoisotopic (exact) mass is 310 g/mol. The predicted molar refractivity (Wildman–Crippen MR) is 100 cm³/mol. The predicted octanol–water partition coefficient (Wildman–Crippen LogP) is 6.63. The van der Waals surface area contributed by atoms with Gasteiger partial charge in [0.1, 0.15) is 0 Å². The molecular formula is C20H38O2. The molecule has 2 nitrogen and oxygen atoms in total. The molecule has 0 radical (unpaired) electrons. The number of hydrogen-bond acceptors (Lipinski definition) is 2. The van der Waals surface area contributed by atoms with Gasteiger partial charge in [0, 0.05) is 0 Å². The summed E-state index contributed by atoms with van der Waals surface area (Å²) in [4.78, 5) is 11.1. The Labute approximate surface area is 139 Å². The van der Waals surface area contributed by atoms with Crippen LogP contribution in [0.5, 0.6) is 0 Å². The minimum Gasteiger partial charge on any atom is -0.465 e. The zero-order chi connectivity index (χ0) is 17.8. The average molecular weight is 311 g/mol. The highest BCUT2D eigenvalue weighted by atomic mass is 16.5. The van der Waals surface area contributed by atoms with Gasteiger partial charge in [-0.05, 0) is 25.5 Å². The van der Waals surface area contributed by atoms with Crippen molar-refractivity contribution in [3.05, 3.63) is 36.0 Å². The zero-order valence-corrected chi connectivity index (χ0v) is 16.0. The van der Waals surface area contributed by atoms with Crippen molar-refractivity contribution >= 4 is 5.97 Å². The van der Waals surface area contributed by atoms with E-state index < -0.39 is 0 Å². The number of hydrogen-bond donors (Lipinski definition) is 0. The first-order chi connectivity index (χ1) is 10.6. The standard InChI is InChI=1S/C10H14O2.C8H18.C2H6/c1-5-7-9(8(3)6-2)10(11)12-4;1-3-5-7-8-6-4-2;1-2/h5-7H,1H2,2-4H3;3-8H2,1-2H3;1-2H3/b8-6-,9-7+;;. The lowest BCUT2D eigenvalue weighted by Gasteiger charge is -2.03. The number of allylic oxidation sites excluding steroid dienone is 3. The summed E-state index contributed by atoms with van der Waals surface area (Å²) in [6.07, 6.45) is 13.6. The minimum atomic E-state index is -0.328. The molecule has 0 aliphatic rings. The fraction of sp³-hybridized carbons (Fsp3) is 0.650. The molecule has 22 heavy (non-hydrogen) atoms. The Morgan fingerprint density at radius 1 is 1.05 bits per heavy atom. The van der Waals surface area contributed by atoms with Crippen molar-refractivity contribution in [1.82, 2.24) is 0 Å². The molecule has 0 aliphatic heterocycles. The van der Waals surface area contributed by atoms with Gasteiger partial charge in [-0.15, -0.1) is 0 Å². The molecule has 2 heteroatoms. The highest BCUT2D eigenvalue weighted by Crippen LogP contribution is 2.10. The summed E-state index contributed by atoms with van der Waals surface area (Å²) in [5, 5.41) is 0. The highest BCUT2D eigenvalue weighted by Gasteiger charge is 2.08. The summed E-state index contributed by atoms with van der Waals surface area (Å²) in [7, 11) is 1.36. The summed E-state index contributed by atoms with van der Waals surface area (Å²) in [6, 6.07) is 0. The summed E-state index contributed by atoms with van der Waals surface area (Å²) in [5.74, 6) is -0.328. The Kier molecular flexibility index (Phi) is 25.6. The molecule has 0 aromatic rings. The topological polar surface area (TPSA) is 26.3 Å². The van der Waals surface area contributed by atoms with Crippen LogP contribution < -0.4 is 0 Å². The van der Waals surface area contributed by atoms with E-state index in [2.05, 4.69) is 25.2 Å². The van der Waals surface area contributed by atoms with Crippen molar-refractivity contribution in [2.75, 3.05) is 7.11 Å². The lowest BCUT2D eigenvalue weighted by molar-refractivity contribution is -0.135. The van der Waals surface area contributed by atoms with Crippen molar-refractivity contribution < 1.29 is 9.53 Å². The number of methoxy groups -OCH3 is 1. The Morgan fingerprint density at radius 3 is 1.77 bits per heavy atom. The lowest BCUT2D eigenvalue weighted by Crippen LogP contribution is -2.05. The molecule has 130 valence electrons. The Bertz CT molecular complexity index is 306. The number of carbonyl (C=O) groups excluding carboxylic acids is 1. The maximum atomic E-state index is 11.1. The molecule has 0 spiro atoms. The number of ether oxygens (including phenoxy) is 1. The normalized spacial score (nSPS) is 10.7. The smallest absolute Gasteiger partial charge is 0.338 e. The van der Waals surface area contributed by atoms with Crippen LogP contribution in [0.3, 0.4) is 0 Å². The van der Waals surface area contributed by atoms with E-state index in [0.29, 0.717) is 5.57 Å². The van der Waals surface area contributed by atoms with Gasteiger partial charge in [0.15, 0.2) is 0 Å². The molecule has 0 unspecified atom stereocenters. The molecule has 0 saturated heterocycles. The number of unbranched alkanes of at least 4 members (excludes halogenated alkanes) is 5. The first-order valence-corrected chi connectivity index (χ1v) is 8.63. The fourth-order valence-corrected chi connectivity index (χ4v) is 1.60. The van der Waals surface area contributed by atoms with E-state index >= 15 is 0 Å². The van der Waals surface area contributed by atoms with E-state index in [-0.39, 0.29) is 5.97 Å². The van der Waals surface area contributed by atoms with E-state index in [4.69, 9.17) is 0 Å². The van der Waals surface area contributed by atoms with Gasteiger partial charge in [-0.25, -0.2) is 4.79 Å². The van der Waals surface area contributed by atoms with Crippen LogP contribution in [0.4, 0.5) is 0 Å². The van der Waals surface area contributed by atoms with E-state index in [1.165, 1.54) is 45.6 Å². The van der Waals surface area contributed by atoms with Crippen LogP contribution in [0, 0.1) is 0 Å². The van der Waals surface area contributed by atoms with Crippen LogP contribution >= 0.6 is 0 Å². The van der Waals surface area contributed by atoms with Gasteiger partial charge in [-0.2, -0.15) is 0 Å². The molecule has 0 amide bonds. The van der Waals surface area contributed by atoms with Crippen molar-refractivity contribution in [2.45, 2.75) is 80.1 Å². The highest BCUT2D eigenvalue weighted by molar-refractivity contribution is 5.93. The Hall–Kier alpha value is -1.31. The molecule has 0 aliphatic carbocycles. The van der Waals surface area contributed by atoms with E-state index in [1.807, 2.05) is 33.8 Å². The largest absolute Gasteiger partial charge is 0.465 e. The van der Waals surface area contributed by atoms with Crippen molar-refractivity contribution in [1.29, 1.82) is 0 Å². The third kappa shape index (κ3) is 16.7. The second-order valence-electron chi connectivity index (χ2n) is 4.69. The molecule has 0 saturated carbocycles. The van der Waals surface area contributed by atoms with Gasteiger partial charge in [-0.3, -0.25) is 0 Å². The summed E-state index contributed by atoms with van der Waals surface area (Å²) < 4.78 is 4.59. The third-order valence-corrected chi connectivity index (χ3v) is 3.00. The van der Waals surface area contributed by atoms with Crippen molar-refractivity contribution in [3.63, 3.8) is 0 Å². The molecule has 0 N–H and O–H groups in total. The molecular weight excluding hydrogens is 272 g/mol. The summed E-state index contributed by atoms with van der Waals surface area (Å²) in [6.45, 7) is 15.8. The minimum absolute atomic E-state index is 0.328. The van der Waals surface area contributed by atoms with E-state index in [9.17, 15) is 4.79 Å². The van der Waals surface area contributed by atoms with E-state index in [1.54, 1.807) is 12.2 Å². The summed E-state index contributed by atoms with van der Waals surface area (Å²) in [5.41, 5.74) is 1.44. The molecule has 0 aromatic heterocycles. The number of carbonyl (C=O) groups is 1. The van der Waals surface area contributed by atoms with Gasteiger partial charge in [0.05, 0.1) is 12.7 Å². The van der Waals surface area contributed by atoms with Crippen LogP contribution in [0.25, 0.3) is 0 Å². The SMILES string of the molecule is C=C/C=C(C(=O)OC)\C(C)=C/C.CC.CCCCCCCC. The maximum absolute atomic E-state index is 11.1. The van der Waals surface area contributed by atoms with Gasteiger partial charge < -0.3 is 4.74 Å². The van der Waals surface area contributed by atoms with Crippen LogP contribution in [0.2, 0.25) is 0 Å². The number of rotatable bonds is 8. The Morgan fingerprint density at radius 2 is 1.50 bits per heavy atom. The van der Waals surface area contributed by atoms with Crippen LogP contribution in [-0.2, 0) is 9.53 Å².